The minimum Gasteiger partial charge on any atom is -0.268 e. The van der Waals surface area contributed by atoms with E-state index in [1.54, 1.807) is 6.20 Å². The van der Waals surface area contributed by atoms with Gasteiger partial charge >= 0.3 is 0 Å². The second-order valence-electron chi connectivity index (χ2n) is 2.62. The van der Waals surface area contributed by atoms with Crippen LogP contribution in [0.5, 0.6) is 0 Å². The Morgan fingerprint density at radius 2 is 2.08 bits per heavy atom. The quantitative estimate of drug-likeness (QED) is 0.649. The molecule has 0 aliphatic carbocycles. The maximum absolute atomic E-state index is 4.07. The molecule has 0 atom stereocenters. The number of benzene rings is 1. The van der Waals surface area contributed by atoms with Crippen LogP contribution in [0.1, 0.15) is 5.56 Å². The van der Waals surface area contributed by atoms with Gasteiger partial charge in [-0.3, -0.25) is 4.68 Å². The minimum atomic E-state index is 0.824. The van der Waals surface area contributed by atoms with E-state index in [4.69, 9.17) is 0 Å². The van der Waals surface area contributed by atoms with Gasteiger partial charge in [0.05, 0.1) is 12.7 Å². The van der Waals surface area contributed by atoms with Gasteiger partial charge in [-0.2, -0.15) is 5.10 Å². The predicted octanol–water partition coefficient (Wildman–Crippen LogP) is 1.73. The summed E-state index contributed by atoms with van der Waals surface area (Å²) in [6, 6.07) is 13.1. The number of aromatic nitrogens is 2. The second kappa shape index (κ2) is 3.22. The first-order chi connectivity index (χ1) is 5.95. The van der Waals surface area contributed by atoms with E-state index >= 15 is 0 Å². The monoisotopic (exact) mass is 157 g/mol. The Balaban J connectivity index is 2.15. The molecule has 0 N–H and O–H groups in total. The molecule has 0 aliphatic rings. The third kappa shape index (κ3) is 1.53. The van der Waals surface area contributed by atoms with Gasteiger partial charge in [-0.05, 0) is 5.56 Å². The van der Waals surface area contributed by atoms with E-state index in [-0.39, 0.29) is 0 Å². The molecule has 2 aromatic rings. The van der Waals surface area contributed by atoms with Gasteiger partial charge in [0.1, 0.15) is 0 Å². The van der Waals surface area contributed by atoms with Gasteiger partial charge in [0.25, 0.3) is 0 Å². The maximum Gasteiger partial charge on any atom is 0.0659 e. The van der Waals surface area contributed by atoms with Crippen molar-refractivity contribution >= 4 is 0 Å². The zero-order valence-corrected chi connectivity index (χ0v) is 6.64. The zero-order chi connectivity index (χ0) is 8.23. The highest BCUT2D eigenvalue weighted by Crippen LogP contribution is 2.00. The first kappa shape index (κ1) is 7.10. The van der Waals surface area contributed by atoms with Crippen molar-refractivity contribution in [2.24, 2.45) is 0 Å². The largest absolute Gasteiger partial charge is 0.268 e. The molecule has 0 fully saturated rings. The summed E-state index contributed by atoms with van der Waals surface area (Å²) in [7, 11) is 0. The van der Waals surface area contributed by atoms with Crippen LogP contribution in [-0.2, 0) is 6.54 Å². The summed E-state index contributed by atoms with van der Waals surface area (Å²) in [5, 5.41) is 4.07. The molecule has 1 aromatic carbocycles. The fourth-order valence-corrected chi connectivity index (χ4v) is 1.12. The van der Waals surface area contributed by atoms with Crippen LogP contribution in [0.25, 0.3) is 0 Å². The van der Waals surface area contributed by atoms with Crippen LogP contribution in [-0.4, -0.2) is 9.78 Å². The molecule has 59 valence electrons. The Hall–Kier alpha value is -1.57. The van der Waals surface area contributed by atoms with E-state index < -0.39 is 0 Å². The normalized spacial score (nSPS) is 10.0. The van der Waals surface area contributed by atoms with Gasteiger partial charge in [-0.15, -0.1) is 0 Å². The maximum atomic E-state index is 4.07. The van der Waals surface area contributed by atoms with Crippen molar-refractivity contribution in [3.63, 3.8) is 0 Å². The van der Waals surface area contributed by atoms with Gasteiger partial charge in [-0.1, -0.05) is 30.3 Å². The highest BCUT2D eigenvalue weighted by atomic mass is 15.3. The minimum absolute atomic E-state index is 0.824. The van der Waals surface area contributed by atoms with Crippen LogP contribution in [0.3, 0.4) is 0 Å². The Morgan fingerprint density at radius 3 is 2.75 bits per heavy atom. The fourth-order valence-electron chi connectivity index (χ4n) is 1.12. The lowest BCUT2D eigenvalue weighted by molar-refractivity contribution is 0.687. The molecule has 2 rings (SSSR count). The molecule has 1 aromatic heterocycles. The molecule has 1 radical (unpaired) electrons. The first-order valence-electron chi connectivity index (χ1n) is 3.87. The van der Waals surface area contributed by atoms with Crippen LogP contribution in [0.15, 0.2) is 42.7 Å². The summed E-state index contributed by atoms with van der Waals surface area (Å²) >= 11 is 0. The molecule has 0 saturated carbocycles. The van der Waals surface area contributed by atoms with Crippen LogP contribution in [0.4, 0.5) is 0 Å². The summed E-state index contributed by atoms with van der Waals surface area (Å²) in [5.74, 6) is 0. The lowest BCUT2D eigenvalue weighted by Crippen LogP contribution is -1.98. The van der Waals surface area contributed by atoms with Crippen molar-refractivity contribution in [2.75, 3.05) is 0 Å². The molecular formula is C10H9N2. The van der Waals surface area contributed by atoms with E-state index in [9.17, 15) is 0 Å². The van der Waals surface area contributed by atoms with E-state index in [1.165, 1.54) is 5.56 Å². The van der Waals surface area contributed by atoms with E-state index in [0.29, 0.717) is 0 Å². The predicted molar refractivity (Wildman–Crippen MR) is 46.6 cm³/mol. The second-order valence-corrected chi connectivity index (χ2v) is 2.62. The topological polar surface area (TPSA) is 17.8 Å². The molecule has 0 amide bonds. The zero-order valence-electron chi connectivity index (χ0n) is 6.64. The average Bonchev–Trinajstić information content (AvgIpc) is 2.59. The SMILES string of the molecule is [c]1cnn(Cc2ccccc2)c1. The summed E-state index contributed by atoms with van der Waals surface area (Å²) in [5.41, 5.74) is 1.26. The van der Waals surface area contributed by atoms with Crippen molar-refractivity contribution in [2.45, 2.75) is 6.54 Å². The lowest BCUT2D eigenvalue weighted by Gasteiger charge is -1.99. The molecule has 0 unspecified atom stereocenters. The Kier molecular flexibility index (Phi) is 1.90. The third-order valence-corrected chi connectivity index (χ3v) is 1.69. The highest BCUT2D eigenvalue weighted by molar-refractivity contribution is 5.14. The molecule has 0 bridgehead atoms. The van der Waals surface area contributed by atoms with Gasteiger partial charge in [0.2, 0.25) is 0 Å². The van der Waals surface area contributed by atoms with Crippen LogP contribution < -0.4 is 0 Å². The van der Waals surface area contributed by atoms with Crippen LogP contribution in [0.2, 0.25) is 0 Å². The lowest BCUT2D eigenvalue weighted by atomic mass is 10.2. The Labute approximate surface area is 71.5 Å². The summed E-state index contributed by atoms with van der Waals surface area (Å²) in [6.45, 7) is 0.824. The molecule has 12 heavy (non-hydrogen) atoms. The fraction of sp³-hybridized carbons (Fsp3) is 0.100. The smallest absolute Gasteiger partial charge is 0.0659 e. The van der Waals surface area contributed by atoms with Crippen molar-refractivity contribution in [3.05, 3.63) is 54.4 Å². The average molecular weight is 157 g/mol. The van der Waals surface area contributed by atoms with Crippen LogP contribution in [0, 0.1) is 6.07 Å². The van der Waals surface area contributed by atoms with Crippen LogP contribution >= 0.6 is 0 Å². The molecular weight excluding hydrogens is 148 g/mol. The summed E-state index contributed by atoms with van der Waals surface area (Å²) in [4.78, 5) is 0. The van der Waals surface area contributed by atoms with Gasteiger partial charge in [0, 0.05) is 12.3 Å². The summed E-state index contributed by atoms with van der Waals surface area (Å²) < 4.78 is 1.86. The first-order valence-corrected chi connectivity index (χ1v) is 3.87. The summed E-state index contributed by atoms with van der Waals surface area (Å²) in [6.07, 6.45) is 3.51. The Bertz CT molecular complexity index is 324. The molecule has 2 heteroatoms. The molecule has 1 heterocycles. The standard InChI is InChI=1S/C10H9N2/c1-2-5-10(6-3-1)9-12-8-4-7-11-12/h1-3,5-8H,9H2. The van der Waals surface area contributed by atoms with Crippen molar-refractivity contribution in [1.29, 1.82) is 0 Å². The highest BCUT2D eigenvalue weighted by Gasteiger charge is 1.91. The van der Waals surface area contributed by atoms with Crippen molar-refractivity contribution < 1.29 is 0 Å². The number of hydrogen-bond acceptors (Lipinski definition) is 1. The third-order valence-electron chi connectivity index (χ3n) is 1.69. The molecule has 0 aliphatic heterocycles. The van der Waals surface area contributed by atoms with E-state index in [0.717, 1.165) is 6.54 Å². The van der Waals surface area contributed by atoms with Gasteiger partial charge < -0.3 is 0 Å². The van der Waals surface area contributed by atoms with Crippen molar-refractivity contribution in [1.82, 2.24) is 9.78 Å². The Morgan fingerprint density at radius 1 is 1.25 bits per heavy atom. The number of rotatable bonds is 2. The number of nitrogens with zero attached hydrogens (tertiary/aromatic N) is 2. The molecule has 0 spiro atoms. The van der Waals surface area contributed by atoms with Gasteiger partial charge in [-0.25, -0.2) is 0 Å². The van der Waals surface area contributed by atoms with E-state index in [1.807, 2.05) is 29.1 Å². The van der Waals surface area contributed by atoms with E-state index in [2.05, 4.69) is 23.3 Å². The molecule has 0 saturated heterocycles. The van der Waals surface area contributed by atoms with Crippen molar-refractivity contribution in [3.8, 4) is 0 Å². The number of hydrogen-bond donors (Lipinski definition) is 0. The molecule has 2 nitrogen and oxygen atoms in total. The van der Waals surface area contributed by atoms with Gasteiger partial charge in [0.15, 0.2) is 0 Å².